The molecule has 6 nitrogen and oxygen atoms in total. The van der Waals surface area contributed by atoms with E-state index in [1.54, 1.807) is 4.90 Å². The van der Waals surface area contributed by atoms with Crippen LogP contribution in [0.1, 0.15) is 25.7 Å². The van der Waals surface area contributed by atoms with Crippen molar-refractivity contribution in [1.29, 1.82) is 0 Å². The molecule has 2 aliphatic heterocycles. The average Bonchev–Trinajstić information content (AvgIpc) is 3.13. The van der Waals surface area contributed by atoms with Crippen LogP contribution in [0.25, 0.3) is 0 Å². The highest BCUT2D eigenvalue weighted by Crippen LogP contribution is 2.52. The lowest BCUT2D eigenvalue weighted by Crippen LogP contribution is -2.54. The summed E-state index contributed by atoms with van der Waals surface area (Å²) in [6.07, 6.45) is 4.01. The van der Waals surface area contributed by atoms with Crippen LogP contribution >= 0.6 is 0 Å². The van der Waals surface area contributed by atoms with Crippen molar-refractivity contribution in [2.75, 3.05) is 20.3 Å². The second-order valence-corrected chi connectivity index (χ2v) is 6.79. The van der Waals surface area contributed by atoms with E-state index in [9.17, 15) is 14.7 Å². The average molecular weight is 323 g/mol. The molecule has 128 valence electrons. The molecule has 0 radical (unpaired) electrons. The van der Waals surface area contributed by atoms with Gasteiger partial charge < -0.3 is 19.5 Å². The maximum absolute atomic E-state index is 12.2. The quantitative estimate of drug-likeness (QED) is 0.628. The Labute approximate surface area is 136 Å². The number of allylic oxidation sites excluding steroid dienone is 1. The predicted molar refractivity (Wildman–Crippen MR) is 82.5 cm³/mol. The fraction of sp³-hybridized carbons (Fsp3) is 0.765. The standard InChI is InChI=1S/C17H25NO5/c1-3-4-12-11(6-8-19)15-10(5-7-18(15)17(21)22-2)13-9-14(20)23-16(12)13/h3,10-13,15-16,19H,1,4-9H2,2H3/t10-,11-,12-,13-,15+,16+/m1/s1. The third kappa shape index (κ3) is 2.63. The molecule has 6 atom stereocenters. The first-order chi connectivity index (χ1) is 11.1. The number of carbonyl (C=O) groups is 2. The van der Waals surface area contributed by atoms with Crippen LogP contribution in [0.5, 0.6) is 0 Å². The molecular weight excluding hydrogens is 298 g/mol. The minimum Gasteiger partial charge on any atom is -0.462 e. The first kappa shape index (κ1) is 16.3. The first-order valence-corrected chi connectivity index (χ1v) is 8.38. The molecule has 2 saturated heterocycles. The second kappa shape index (κ2) is 6.51. The minimum atomic E-state index is -0.318. The Morgan fingerprint density at radius 2 is 2.26 bits per heavy atom. The summed E-state index contributed by atoms with van der Waals surface area (Å²) in [5.74, 6) is 0.443. The van der Waals surface area contributed by atoms with E-state index in [2.05, 4.69) is 6.58 Å². The van der Waals surface area contributed by atoms with Crippen molar-refractivity contribution in [1.82, 2.24) is 4.90 Å². The number of amides is 1. The second-order valence-electron chi connectivity index (χ2n) is 6.79. The van der Waals surface area contributed by atoms with Gasteiger partial charge in [0.25, 0.3) is 0 Å². The van der Waals surface area contributed by atoms with E-state index in [1.165, 1.54) is 7.11 Å². The third-order valence-corrected chi connectivity index (χ3v) is 5.86. The van der Waals surface area contributed by atoms with Crippen LogP contribution in [0, 0.1) is 23.7 Å². The highest BCUT2D eigenvalue weighted by atomic mass is 16.6. The van der Waals surface area contributed by atoms with Gasteiger partial charge >= 0.3 is 12.1 Å². The largest absolute Gasteiger partial charge is 0.462 e. The van der Waals surface area contributed by atoms with Gasteiger partial charge in [-0.3, -0.25) is 4.79 Å². The number of nitrogens with zero attached hydrogens (tertiary/aromatic N) is 1. The van der Waals surface area contributed by atoms with Gasteiger partial charge in [0.2, 0.25) is 0 Å². The summed E-state index contributed by atoms with van der Waals surface area (Å²) >= 11 is 0. The van der Waals surface area contributed by atoms with E-state index in [-0.39, 0.29) is 54.5 Å². The van der Waals surface area contributed by atoms with Gasteiger partial charge in [0.05, 0.1) is 13.5 Å². The Morgan fingerprint density at radius 3 is 2.91 bits per heavy atom. The zero-order chi connectivity index (χ0) is 16.6. The van der Waals surface area contributed by atoms with Crippen LogP contribution in [0.4, 0.5) is 4.79 Å². The van der Waals surface area contributed by atoms with Crippen molar-refractivity contribution in [3.63, 3.8) is 0 Å². The van der Waals surface area contributed by atoms with E-state index in [0.29, 0.717) is 19.4 Å². The van der Waals surface area contributed by atoms with Crippen molar-refractivity contribution < 1.29 is 24.2 Å². The van der Waals surface area contributed by atoms with Crippen molar-refractivity contribution in [2.45, 2.75) is 37.8 Å². The number of fused-ring (bicyclic) bond motifs is 3. The zero-order valence-corrected chi connectivity index (χ0v) is 13.5. The Hall–Kier alpha value is -1.56. The highest BCUT2D eigenvalue weighted by molar-refractivity contribution is 5.73. The number of ether oxygens (including phenoxy) is 2. The number of hydrogen-bond donors (Lipinski definition) is 1. The summed E-state index contributed by atoms with van der Waals surface area (Å²) < 4.78 is 10.6. The molecule has 0 bridgehead atoms. The summed E-state index contributed by atoms with van der Waals surface area (Å²) in [5.41, 5.74) is 0. The van der Waals surface area contributed by atoms with Crippen LogP contribution in [-0.2, 0) is 14.3 Å². The maximum Gasteiger partial charge on any atom is 0.409 e. The maximum atomic E-state index is 12.2. The molecule has 0 unspecified atom stereocenters. The van der Waals surface area contributed by atoms with E-state index in [4.69, 9.17) is 9.47 Å². The van der Waals surface area contributed by atoms with Crippen molar-refractivity contribution in [3.05, 3.63) is 12.7 Å². The summed E-state index contributed by atoms with van der Waals surface area (Å²) in [4.78, 5) is 25.8. The normalized spacial score (nSPS) is 38.7. The molecule has 0 aromatic rings. The fourth-order valence-corrected chi connectivity index (χ4v) is 5.11. The molecule has 1 saturated carbocycles. The molecule has 3 aliphatic rings. The van der Waals surface area contributed by atoms with Crippen LogP contribution in [0.3, 0.4) is 0 Å². The summed E-state index contributed by atoms with van der Waals surface area (Å²) in [7, 11) is 1.39. The highest BCUT2D eigenvalue weighted by Gasteiger charge is 2.58. The Morgan fingerprint density at radius 1 is 1.48 bits per heavy atom. The number of likely N-dealkylation sites (tertiary alicyclic amines) is 1. The van der Waals surface area contributed by atoms with E-state index in [1.807, 2.05) is 6.08 Å². The molecule has 1 aliphatic carbocycles. The fourth-order valence-electron chi connectivity index (χ4n) is 5.11. The number of aliphatic hydroxyl groups excluding tert-OH is 1. The molecule has 23 heavy (non-hydrogen) atoms. The third-order valence-electron chi connectivity index (χ3n) is 5.86. The molecule has 1 amide bonds. The van der Waals surface area contributed by atoms with E-state index in [0.717, 1.165) is 12.8 Å². The van der Waals surface area contributed by atoms with Gasteiger partial charge in [-0.1, -0.05) is 6.08 Å². The number of aliphatic hydroxyl groups is 1. The number of rotatable bonds is 4. The smallest absolute Gasteiger partial charge is 0.409 e. The zero-order valence-electron chi connectivity index (χ0n) is 13.5. The topological polar surface area (TPSA) is 76.1 Å². The van der Waals surface area contributed by atoms with Crippen molar-refractivity contribution in [3.8, 4) is 0 Å². The molecule has 6 heteroatoms. The molecule has 2 heterocycles. The molecule has 0 spiro atoms. The number of carbonyl (C=O) groups excluding carboxylic acids is 2. The van der Waals surface area contributed by atoms with Gasteiger partial charge in [-0.05, 0) is 31.1 Å². The Kier molecular flexibility index (Phi) is 4.62. The van der Waals surface area contributed by atoms with Gasteiger partial charge in [0.15, 0.2) is 0 Å². The van der Waals surface area contributed by atoms with Gasteiger partial charge in [0, 0.05) is 31.0 Å². The van der Waals surface area contributed by atoms with Gasteiger partial charge in [0.1, 0.15) is 6.10 Å². The number of esters is 1. The molecule has 0 aromatic carbocycles. The van der Waals surface area contributed by atoms with Crippen molar-refractivity contribution in [2.24, 2.45) is 23.7 Å². The summed E-state index contributed by atoms with van der Waals surface area (Å²) in [5, 5.41) is 9.53. The van der Waals surface area contributed by atoms with Crippen LogP contribution in [0.15, 0.2) is 12.7 Å². The lowest BCUT2D eigenvalue weighted by atomic mass is 9.62. The lowest BCUT2D eigenvalue weighted by Gasteiger charge is -2.47. The number of hydrogen-bond acceptors (Lipinski definition) is 5. The Balaban J connectivity index is 1.96. The monoisotopic (exact) mass is 323 g/mol. The molecule has 1 N–H and O–H groups in total. The van der Waals surface area contributed by atoms with Gasteiger partial charge in [-0.2, -0.15) is 0 Å². The number of methoxy groups -OCH3 is 1. The van der Waals surface area contributed by atoms with Crippen LogP contribution in [0.2, 0.25) is 0 Å². The lowest BCUT2D eigenvalue weighted by molar-refractivity contribution is -0.147. The van der Waals surface area contributed by atoms with Gasteiger partial charge in [-0.25, -0.2) is 4.79 Å². The molecule has 3 rings (SSSR count). The van der Waals surface area contributed by atoms with E-state index < -0.39 is 0 Å². The van der Waals surface area contributed by atoms with E-state index >= 15 is 0 Å². The van der Waals surface area contributed by atoms with Crippen molar-refractivity contribution >= 4 is 12.1 Å². The summed E-state index contributed by atoms with van der Waals surface area (Å²) in [6, 6.07) is 0.00954. The Bertz CT molecular complexity index is 493. The van der Waals surface area contributed by atoms with Crippen LogP contribution in [-0.4, -0.2) is 54.5 Å². The molecule has 3 fully saturated rings. The molecular formula is C17H25NO5. The SMILES string of the molecule is C=CC[C@@H]1[C@@H](CCO)[C@@H]2[C@H](CCN2C(=O)OC)[C@H]2CC(=O)O[C@@H]12. The summed E-state index contributed by atoms with van der Waals surface area (Å²) in [6.45, 7) is 4.53. The van der Waals surface area contributed by atoms with Crippen LogP contribution < -0.4 is 0 Å². The first-order valence-electron chi connectivity index (χ1n) is 8.38. The minimum absolute atomic E-state index is 0.00954. The predicted octanol–water partition coefficient (Wildman–Crippen LogP) is 1.58. The molecule has 0 aromatic heterocycles. The van der Waals surface area contributed by atoms with Gasteiger partial charge in [-0.15, -0.1) is 6.58 Å².